The highest BCUT2D eigenvalue weighted by Gasteiger charge is 2.11. The van der Waals surface area contributed by atoms with E-state index in [9.17, 15) is 0 Å². The molecule has 0 amide bonds. The van der Waals surface area contributed by atoms with E-state index < -0.39 is 0 Å². The number of hydrogen-bond acceptors (Lipinski definition) is 5. The molecule has 0 fully saturated rings. The average molecular weight is 294 g/mol. The van der Waals surface area contributed by atoms with Gasteiger partial charge >= 0.3 is 0 Å². The summed E-state index contributed by atoms with van der Waals surface area (Å²) >= 11 is 6.11. The fourth-order valence-electron chi connectivity index (χ4n) is 1.69. The lowest BCUT2D eigenvalue weighted by Crippen LogP contribution is -2.02. The Labute approximate surface area is 122 Å². The molecule has 0 spiro atoms. The molecule has 0 unspecified atom stereocenters. The quantitative estimate of drug-likeness (QED) is 0.935. The minimum atomic E-state index is 0.318. The number of ether oxygens (including phenoxy) is 2. The van der Waals surface area contributed by atoms with E-state index in [0.29, 0.717) is 28.2 Å². The van der Waals surface area contributed by atoms with E-state index >= 15 is 0 Å². The highest BCUT2D eigenvalue weighted by molar-refractivity contribution is 6.31. The van der Waals surface area contributed by atoms with Gasteiger partial charge < -0.3 is 14.8 Å². The maximum Gasteiger partial charge on any atom is 0.172 e. The maximum absolute atomic E-state index is 6.11. The van der Waals surface area contributed by atoms with Gasteiger partial charge in [0.2, 0.25) is 0 Å². The van der Waals surface area contributed by atoms with Crippen molar-refractivity contribution in [1.82, 2.24) is 9.97 Å². The molecule has 1 N–H and O–H groups in total. The number of methoxy groups -OCH3 is 2. The number of hydrogen-bond donors (Lipinski definition) is 1. The topological polar surface area (TPSA) is 56.3 Å². The number of rotatable bonds is 4. The van der Waals surface area contributed by atoms with Crippen LogP contribution in [-0.2, 0) is 0 Å². The van der Waals surface area contributed by atoms with Crippen LogP contribution in [0.5, 0.6) is 11.5 Å². The van der Waals surface area contributed by atoms with Crippen LogP contribution in [0.4, 0.5) is 11.5 Å². The lowest BCUT2D eigenvalue weighted by atomic mass is 10.2. The van der Waals surface area contributed by atoms with Crippen LogP contribution in [-0.4, -0.2) is 24.2 Å². The summed E-state index contributed by atoms with van der Waals surface area (Å²) in [5, 5.41) is 3.44. The summed E-state index contributed by atoms with van der Waals surface area (Å²) in [5.41, 5.74) is 2.34. The van der Waals surface area contributed by atoms with Gasteiger partial charge in [-0.05, 0) is 26.0 Å². The van der Waals surface area contributed by atoms with Gasteiger partial charge in [0.1, 0.15) is 11.5 Å². The summed E-state index contributed by atoms with van der Waals surface area (Å²) in [6, 6.07) is 5.44. The van der Waals surface area contributed by atoms with Crippen LogP contribution in [0, 0.1) is 13.8 Å². The van der Waals surface area contributed by atoms with Crippen molar-refractivity contribution in [2.75, 3.05) is 19.5 Å². The van der Waals surface area contributed by atoms with Crippen molar-refractivity contribution in [3.05, 3.63) is 34.7 Å². The largest absolute Gasteiger partial charge is 0.497 e. The molecule has 2 aromatic rings. The minimum Gasteiger partial charge on any atom is -0.497 e. The zero-order valence-electron chi connectivity index (χ0n) is 11.8. The van der Waals surface area contributed by atoms with E-state index in [2.05, 4.69) is 15.3 Å². The molecule has 2 rings (SSSR count). The maximum atomic E-state index is 6.11. The van der Waals surface area contributed by atoms with Gasteiger partial charge in [0, 0.05) is 6.07 Å². The Hall–Kier alpha value is -2.01. The van der Waals surface area contributed by atoms with Gasteiger partial charge in [0.15, 0.2) is 11.0 Å². The Kier molecular flexibility index (Phi) is 4.29. The zero-order valence-corrected chi connectivity index (χ0v) is 12.6. The van der Waals surface area contributed by atoms with Crippen molar-refractivity contribution in [2.24, 2.45) is 0 Å². The summed E-state index contributed by atoms with van der Waals surface area (Å²) in [6.45, 7) is 3.75. The molecule has 0 aliphatic heterocycles. The standard InChI is InChI=1S/C14H16ClN3O2/c1-8-9(2)17-14(13(15)16-8)18-11-7-10(19-3)5-6-12(11)20-4/h5-7H,1-4H3,(H,17,18). The van der Waals surface area contributed by atoms with Crippen LogP contribution in [0.2, 0.25) is 5.15 Å². The first kappa shape index (κ1) is 14.4. The first-order chi connectivity index (χ1) is 9.55. The van der Waals surface area contributed by atoms with Crippen LogP contribution in [0.25, 0.3) is 0 Å². The molecule has 0 bridgehead atoms. The molecule has 20 heavy (non-hydrogen) atoms. The molecule has 0 atom stereocenters. The van der Waals surface area contributed by atoms with E-state index in [0.717, 1.165) is 11.4 Å². The van der Waals surface area contributed by atoms with Crippen LogP contribution in [0.1, 0.15) is 11.4 Å². The Balaban J connectivity index is 2.41. The molecular weight excluding hydrogens is 278 g/mol. The fraction of sp³-hybridized carbons (Fsp3) is 0.286. The van der Waals surface area contributed by atoms with E-state index in [1.165, 1.54) is 0 Å². The number of halogens is 1. The van der Waals surface area contributed by atoms with Gasteiger partial charge in [-0.25, -0.2) is 9.97 Å². The number of nitrogens with zero attached hydrogens (tertiary/aromatic N) is 2. The summed E-state index contributed by atoms with van der Waals surface area (Å²) in [5.74, 6) is 1.87. The third-order valence-electron chi connectivity index (χ3n) is 2.92. The Morgan fingerprint density at radius 2 is 1.75 bits per heavy atom. The van der Waals surface area contributed by atoms with Crippen LogP contribution in [0.15, 0.2) is 18.2 Å². The molecule has 0 saturated carbocycles. The van der Waals surface area contributed by atoms with Gasteiger partial charge in [0.25, 0.3) is 0 Å². The highest BCUT2D eigenvalue weighted by Crippen LogP contribution is 2.32. The summed E-state index contributed by atoms with van der Waals surface area (Å²) < 4.78 is 10.5. The smallest absolute Gasteiger partial charge is 0.172 e. The molecule has 1 aromatic heterocycles. The first-order valence-corrected chi connectivity index (χ1v) is 6.42. The van der Waals surface area contributed by atoms with Crippen molar-refractivity contribution in [1.29, 1.82) is 0 Å². The molecular formula is C14H16ClN3O2. The zero-order chi connectivity index (χ0) is 14.7. The molecule has 0 aliphatic rings. The van der Waals surface area contributed by atoms with E-state index in [1.54, 1.807) is 14.2 Å². The number of aromatic nitrogens is 2. The van der Waals surface area contributed by atoms with E-state index in [4.69, 9.17) is 21.1 Å². The molecule has 106 valence electrons. The summed E-state index contributed by atoms with van der Waals surface area (Å²) in [7, 11) is 3.20. The fourth-order valence-corrected chi connectivity index (χ4v) is 1.91. The Morgan fingerprint density at radius 1 is 1.05 bits per heavy atom. The predicted octanol–water partition coefficient (Wildman–Crippen LogP) is 3.51. The van der Waals surface area contributed by atoms with Gasteiger partial charge in [-0.1, -0.05) is 11.6 Å². The van der Waals surface area contributed by atoms with Crippen molar-refractivity contribution < 1.29 is 9.47 Å². The molecule has 6 heteroatoms. The normalized spacial score (nSPS) is 10.2. The van der Waals surface area contributed by atoms with Crippen molar-refractivity contribution in [3.63, 3.8) is 0 Å². The lowest BCUT2D eigenvalue weighted by Gasteiger charge is -2.13. The third kappa shape index (κ3) is 2.93. The monoisotopic (exact) mass is 293 g/mol. The van der Waals surface area contributed by atoms with E-state index in [-0.39, 0.29) is 0 Å². The number of benzene rings is 1. The minimum absolute atomic E-state index is 0.318. The lowest BCUT2D eigenvalue weighted by molar-refractivity contribution is 0.405. The second-order valence-electron chi connectivity index (χ2n) is 4.23. The van der Waals surface area contributed by atoms with Crippen molar-refractivity contribution in [3.8, 4) is 11.5 Å². The van der Waals surface area contributed by atoms with Gasteiger partial charge in [-0.3, -0.25) is 0 Å². The number of nitrogens with one attached hydrogen (secondary N) is 1. The first-order valence-electron chi connectivity index (χ1n) is 6.05. The van der Waals surface area contributed by atoms with Crippen LogP contribution >= 0.6 is 11.6 Å². The third-order valence-corrected chi connectivity index (χ3v) is 3.19. The highest BCUT2D eigenvalue weighted by atomic mass is 35.5. The molecule has 1 aromatic carbocycles. The predicted molar refractivity (Wildman–Crippen MR) is 79.3 cm³/mol. The van der Waals surface area contributed by atoms with Crippen molar-refractivity contribution >= 4 is 23.1 Å². The summed E-state index contributed by atoms with van der Waals surface area (Å²) in [4.78, 5) is 8.63. The second-order valence-corrected chi connectivity index (χ2v) is 4.58. The van der Waals surface area contributed by atoms with Crippen molar-refractivity contribution in [2.45, 2.75) is 13.8 Å². The SMILES string of the molecule is COc1ccc(OC)c(Nc2nc(C)c(C)nc2Cl)c1. The average Bonchev–Trinajstić information content (AvgIpc) is 2.44. The Morgan fingerprint density at radius 3 is 2.40 bits per heavy atom. The number of aryl methyl sites for hydroxylation is 2. The molecule has 0 radical (unpaired) electrons. The summed E-state index contributed by atoms with van der Waals surface area (Å²) in [6.07, 6.45) is 0. The molecule has 0 aliphatic carbocycles. The number of anilines is 2. The molecule has 5 nitrogen and oxygen atoms in total. The van der Waals surface area contributed by atoms with Crippen LogP contribution in [0.3, 0.4) is 0 Å². The van der Waals surface area contributed by atoms with Gasteiger partial charge in [-0.15, -0.1) is 0 Å². The van der Waals surface area contributed by atoms with Gasteiger partial charge in [-0.2, -0.15) is 0 Å². The second kappa shape index (κ2) is 5.96. The Bertz CT molecular complexity index is 632. The van der Waals surface area contributed by atoms with Crippen LogP contribution < -0.4 is 14.8 Å². The molecule has 1 heterocycles. The van der Waals surface area contributed by atoms with E-state index in [1.807, 2.05) is 32.0 Å². The van der Waals surface area contributed by atoms with Gasteiger partial charge in [0.05, 0.1) is 31.3 Å². The molecule has 0 saturated heterocycles.